The highest BCUT2D eigenvalue weighted by Crippen LogP contribution is 2.61. The Balaban J connectivity index is 2.62. The van der Waals surface area contributed by atoms with E-state index in [1.54, 1.807) is 0 Å². The highest BCUT2D eigenvalue weighted by Gasteiger charge is 2.91. The monoisotopic (exact) mass is 580 g/mol. The quantitative estimate of drug-likeness (QED) is 0.350. The first-order valence-electron chi connectivity index (χ1n) is 8.22. The van der Waals surface area contributed by atoms with Gasteiger partial charge in [0.2, 0.25) is 0 Å². The maximum atomic E-state index is 14.3. The lowest BCUT2D eigenvalue weighted by molar-refractivity contribution is -0.481. The molecule has 2 rings (SSSR count). The molecular formula is C13H5F17O6. The number of rotatable bonds is 4. The summed E-state index contributed by atoms with van der Waals surface area (Å²) in [6.07, 6.45) is -48.5. The average Bonchev–Trinajstić information content (AvgIpc) is 3.03. The molecule has 2 fully saturated rings. The summed E-state index contributed by atoms with van der Waals surface area (Å²) in [7, 11) is 0. The van der Waals surface area contributed by atoms with Crippen LogP contribution in [-0.2, 0) is 28.5 Å². The molecule has 2 heterocycles. The minimum Gasteiger partial charge on any atom is -0.392 e. The van der Waals surface area contributed by atoms with Crippen LogP contribution in [0.3, 0.4) is 0 Å². The van der Waals surface area contributed by atoms with E-state index in [4.69, 9.17) is 0 Å². The van der Waals surface area contributed by atoms with E-state index in [-0.39, 0.29) is 6.92 Å². The van der Waals surface area contributed by atoms with E-state index in [0.29, 0.717) is 0 Å². The van der Waals surface area contributed by atoms with Gasteiger partial charge in [-0.2, -0.15) is 70.2 Å². The van der Waals surface area contributed by atoms with Crippen molar-refractivity contribution in [3.8, 4) is 0 Å². The van der Waals surface area contributed by atoms with Crippen LogP contribution in [0.1, 0.15) is 6.92 Å². The van der Waals surface area contributed by atoms with Crippen LogP contribution in [0.4, 0.5) is 74.6 Å². The molecule has 5 atom stereocenters. The Hall–Kier alpha value is -1.88. The van der Waals surface area contributed by atoms with E-state index in [9.17, 15) is 79.4 Å². The fourth-order valence-corrected chi connectivity index (χ4v) is 2.61. The van der Waals surface area contributed by atoms with Gasteiger partial charge in [0.1, 0.15) is 6.17 Å². The number of alkyl halides is 17. The number of esters is 1. The number of halogens is 17. The molecule has 0 radical (unpaired) electrons. The van der Waals surface area contributed by atoms with Crippen LogP contribution in [0.2, 0.25) is 0 Å². The lowest BCUT2D eigenvalue weighted by Crippen LogP contribution is -2.65. The van der Waals surface area contributed by atoms with Gasteiger partial charge in [-0.15, -0.1) is 0 Å². The second-order valence-corrected chi connectivity index (χ2v) is 6.83. The summed E-state index contributed by atoms with van der Waals surface area (Å²) < 4.78 is 239. The molecule has 0 spiro atoms. The van der Waals surface area contributed by atoms with E-state index in [2.05, 4.69) is 23.7 Å². The summed E-state index contributed by atoms with van der Waals surface area (Å²) in [5, 5.41) is 0. The van der Waals surface area contributed by atoms with Crippen molar-refractivity contribution in [1.82, 2.24) is 0 Å². The topological polar surface area (TPSA) is 63.2 Å². The van der Waals surface area contributed by atoms with Crippen molar-refractivity contribution in [2.24, 2.45) is 0 Å². The second-order valence-electron chi connectivity index (χ2n) is 6.83. The van der Waals surface area contributed by atoms with Gasteiger partial charge >= 0.3 is 60.3 Å². The Bertz CT molecular complexity index is 880. The Morgan fingerprint density at radius 2 is 1.25 bits per heavy atom. The number of carbonyl (C=O) groups excluding carboxylic acids is 1. The summed E-state index contributed by atoms with van der Waals surface area (Å²) in [4.78, 5) is 11.7. The van der Waals surface area contributed by atoms with Gasteiger partial charge in [0.05, 0.1) is 0 Å². The molecule has 0 saturated carbocycles. The molecule has 0 aliphatic carbocycles. The van der Waals surface area contributed by atoms with Gasteiger partial charge in [0, 0.05) is 0 Å². The predicted octanol–water partition coefficient (Wildman–Crippen LogP) is 4.87. The standard InChI is InChI=1S/C13H5F17O6/c1-2(14)3-6(15,16)36-8(32-3,11(24,25)26)13(29,30)33-4(31)5(9(18,19)20)34-7(17,10(21,22)23)12(27,28)35-5/h2-3H,1H3/t2-,3?,5?,7?,8?/m0/s1. The molecule has 4 unspecified atom stereocenters. The molecule has 0 aromatic carbocycles. The normalized spacial score (nSPS) is 36.1. The minimum atomic E-state index is -7.26. The molecular weight excluding hydrogens is 575 g/mol. The van der Waals surface area contributed by atoms with Crippen molar-refractivity contribution >= 4 is 5.97 Å². The van der Waals surface area contributed by atoms with Gasteiger partial charge in [0.15, 0.2) is 6.10 Å². The van der Waals surface area contributed by atoms with Crippen molar-refractivity contribution in [2.45, 2.75) is 73.5 Å². The number of ether oxygens (including phenoxy) is 5. The van der Waals surface area contributed by atoms with E-state index >= 15 is 0 Å². The highest BCUT2D eigenvalue weighted by molar-refractivity contribution is 5.80. The zero-order chi connectivity index (χ0) is 28.8. The van der Waals surface area contributed by atoms with Crippen LogP contribution in [-0.4, -0.2) is 72.5 Å². The predicted molar refractivity (Wildman–Crippen MR) is 67.1 cm³/mol. The zero-order valence-electron chi connectivity index (χ0n) is 16.0. The first-order chi connectivity index (χ1) is 15.5. The number of hydrogen-bond donors (Lipinski definition) is 0. The van der Waals surface area contributed by atoms with Crippen LogP contribution >= 0.6 is 0 Å². The van der Waals surface area contributed by atoms with Gasteiger partial charge in [-0.1, -0.05) is 0 Å². The fourth-order valence-electron chi connectivity index (χ4n) is 2.61. The molecule has 0 aromatic heterocycles. The van der Waals surface area contributed by atoms with Crippen molar-refractivity contribution in [2.75, 3.05) is 0 Å². The first kappa shape index (κ1) is 30.3. The molecule has 2 saturated heterocycles. The maximum absolute atomic E-state index is 14.3. The van der Waals surface area contributed by atoms with Crippen molar-refractivity contribution in [1.29, 1.82) is 0 Å². The van der Waals surface area contributed by atoms with Crippen molar-refractivity contribution < 1.29 is 103 Å². The maximum Gasteiger partial charge on any atom is 0.466 e. The van der Waals surface area contributed by atoms with Gasteiger partial charge in [-0.05, 0) is 6.92 Å². The molecule has 36 heavy (non-hydrogen) atoms. The van der Waals surface area contributed by atoms with E-state index in [1.165, 1.54) is 0 Å². The lowest BCUT2D eigenvalue weighted by atomic mass is 10.2. The Kier molecular flexibility index (Phi) is 6.59. The van der Waals surface area contributed by atoms with Crippen LogP contribution in [0.25, 0.3) is 0 Å². The third-order valence-electron chi connectivity index (χ3n) is 4.24. The van der Waals surface area contributed by atoms with E-state index < -0.39 is 72.5 Å². The smallest absolute Gasteiger partial charge is 0.392 e. The molecule has 6 nitrogen and oxygen atoms in total. The Morgan fingerprint density at radius 1 is 0.778 bits per heavy atom. The number of hydrogen-bond acceptors (Lipinski definition) is 6. The van der Waals surface area contributed by atoms with E-state index in [1.807, 2.05) is 0 Å². The lowest BCUT2D eigenvalue weighted by Gasteiger charge is -2.36. The molecule has 0 bridgehead atoms. The van der Waals surface area contributed by atoms with E-state index in [0.717, 1.165) is 0 Å². The summed E-state index contributed by atoms with van der Waals surface area (Å²) >= 11 is 0. The Morgan fingerprint density at radius 3 is 1.56 bits per heavy atom. The molecule has 0 N–H and O–H groups in total. The number of carbonyl (C=O) groups is 1. The third kappa shape index (κ3) is 4.10. The van der Waals surface area contributed by atoms with Crippen molar-refractivity contribution in [3.05, 3.63) is 0 Å². The average molecular weight is 580 g/mol. The van der Waals surface area contributed by atoms with Crippen LogP contribution in [0.5, 0.6) is 0 Å². The minimum absolute atomic E-state index is 0.0164. The summed E-state index contributed by atoms with van der Waals surface area (Å²) in [6, 6.07) is 0. The second kappa shape index (κ2) is 7.82. The SMILES string of the molecule is C[C@H](F)C1OC(C(F)(F)F)(C(F)(F)OC(=O)C2(C(F)(F)F)OC(F)(F)C(F)(C(F)(F)F)O2)OC1(F)F. The molecule has 2 aliphatic heterocycles. The Labute approximate surface area is 184 Å². The molecule has 2 aliphatic rings. The third-order valence-corrected chi connectivity index (χ3v) is 4.24. The zero-order valence-corrected chi connectivity index (χ0v) is 16.0. The summed E-state index contributed by atoms with van der Waals surface area (Å²) in [5.74, 6) is -24.4. The van der Waals surface area contributed by atoms with Crippen LogP contribution in [0, 0.1) is 0 Å². The van der Waals surface area contributed by atoms with Gasteiger partial charge in [0.25, 0.3) is 0 Å². The summed E-state index contributed by atoms with van der Waals surface area (Å²) in [6.45, 7) is -0.0164. The van der Waals surface area contributed by atoms with Gasteiger partial charge < -0.3 is 9.47 Å². The van der Waals surface area contributed by atoms with Gasteiger partial charge in [-0.3, -0.25) is 14.2 Å². The molecule has 0 aromatic rings. The largest absolute Gasteiger partial charge is 0.466 e. The fraction of sp³-hybridized carbons (Fsp3) is 0.923. The summed E-state index contributed by atoms with van der Waals surface area (Å²) in [5.41, 5.74) is 0. The van der Waals surface area contributed by atoms with Crippen molar-refractivity contribution in [3.63, 3.8) is 0 Å². The van der Waals surface area contributed by atoms with Gasteiger partial charge in [-0.25, -0.2) is 9.18 Å². The molecule has 23 heteroatoms. The first-order valence-corrected chi connectivity index (χ1v) is 8.22. The molecule has 0 amide bonds. The van der Waals surface area contributed by atoms with Crippen LogP contribution in [0.15, 0.2) is 0 Å². The molecule has 212 valence electrons. The highest BCUT2D eigenvalue weighted by atomic mass is 19.4. The van der Waals surface area contributed by atoms with Crippen LogP contribution < -0.4 is 0 Å².